The minimum atomic E-state index is -1.56. The van der Waals surface area contributed by atoms with Crippen molar-refractivity contribution in [2.45, 2.75) is 31.2 Å². The van der Waals surface area contributed by atoms with E-state index in [1.54, 1.807) is 19.1 Å². The highest BCUT2D eigenvalue weighted by Gasteiger charge is 2.50. The number of hydrogen-bond donors (Lipinski definition) is 1. The first-order valence-electron chi connectivity index (χ1n) is 12.5. The maximum Gasteiger partial charge on any atom is 0.265 e. The molecule has 0 radical (unpaired) electrons. The third-order valence-electron chi connectivity index (χ3n) is 7.22. The molecule has 1 fully saturated rings. The predicted octanol–water partition coefficient (Wildman–Crippen LogP) is 4.52. The molecule has 0 aromatic heterocycles. The van der Waals surface area contributed by atoms with Crippen LogP contribution >= 0.6 is 0 Å². The first kappa shape index (κ1) is 25.7. The Labute approximate surface area is 218 Å². The fraction of sp³-hybridized carbons (Fsp3) is 0.276. The third-order valence-corrected chi connectivity index (χ3v) is 7.22. The number of rotatable bonds is 6. The molecule has 2 heterocycles. The summed E-state index contributed by atoms with van der Waals surface area (Å²) in [6.45, 7) is 2.61. The molecule has 0 saturated carbocycles. The number of benzene rings is 3. The number of carbonyl (C=O) groups is 2. The van der Waals surface area contributed by atoms with E-state index < -0.39 is 23.1 Å². The number of aliphatic imine (C=N–C) groups is 1. The second-order valence-corrected chi connectivity index (χ2v) is 9.62. The van der Waals surface area contributed by atoms with Gasteiger partial charge in [-0.05, 0) is 78.8 Å². The van der Waals surface area contributed by atoms with Crippen molar-refractivity contribution in [1.82, 2.24) is 15.3 Å². The van der Waals surface area contributed by atoms with Gasteiger partial charge in [0.1, 0.15) is 29.8 Å². The zero-order valence-corrected chi connectivity index (χ0v) is 20.8. The number of amides is 2. The van der Waals surface area contributed by atoms with Crippen LogP contribution in [-0.4, -0.2) is 47.2 Å². The average Bonchev–Trinajstić information content (AvgIpc) is 3.16. The normalized spacial score (nSPS) is 17.9. The minimum Gasteiger partial charge on any atom is -0.288 e. The standard InChI is InChI=1S/C29H27F3N4O2/c1-19-33-29(22-4-10-25(31)11-5-22,23-6-12-26(32)13-7-23)28(38)36(19)18-27(37)34-35-16-14-21(15-17-35)20-2-8-24(30)9-3-20/h2-13,21H,14-18H2,1H3,(H,34,37). The Bertz CT molecular complexity index is 1300. The van der Waals surface area contributed by atoms with Crippen molar-refractivity contribution in [1.29, 1.82) is 0 Å². The number of piperidine rings is 1. The molecule has 0 aliphatic carbocycles. The van der Waals surface area contributed by atoms with E-state index in [-0.39, 0.29) is 24.2 Å². The molecule has 1 saturated heterocycles. The third kappa shape index (κ3) is 4.93. The molecule has 2 aliphatic rings. The van der Waals surface area contributed by atoms with Crippen molar-refractivity contribution >= 4 is 17.6 Å². The zero-order valence-electron chi connectivity index (χ0n) is 20.8. The molecular weight excluding hydrogens is 493 g/mol. The molecule has 5 rings (SSSR count). The summed E-state index contributed by atoms with van der Waals surface area (Å²) in [6, 6.07) is 17.4. The summed E-state index contributed by atoms with van der Waals surface area (Å²) in [4.78, 5) is 32.8. The molecular formula is C29H27F3N4O2. The highest BCUT2D eigenvalue weighted by molar-refractivity contribution is 6.11. The van der Waals surface area contributed by atoms with Crippen molar-refractivity contribution in [3.8, 4) is 0 Å². The monoisotopic (exact) mass is 520 g/mol. The number of nitrogens with one attached hydrogen (secondary N) is 1. The Kier molecular flexibility index (Phi) is 7.03. The fourth-order valence-electron chi connectivity index (χ4n) is 5.22. The minimum absolute atomic E-state index is 0.254. The molecule has 1 N–H and O–H groups in total. The maximum atomic E-state index is 13.9. The highest BCUT2D eigenvalue weighted by atomic mass is 19.1. The maximum absolute atomic E-state index is 13.9. The van der Waals surface area contributed by atoms with E-state index in [4.69, 9.17) is 0 Å². The molecule has 196 valence electrons. The topological polar surface area (TPSA) is 65.0 Å². The number of amidine groups is 1. The van der Waals surface area contributed by atoms with E-state index in [0.29, 0.717) is 30.1 Å². The van der Waals surface area contributed by atoms with Gasteiger partial charge in [-0.3, -0.25) is 19.9 Å². The lowest BCUT2D eigenvalue weighted by Gasteiger charge is -2.33. The molecule has 0 unspecified atom stereocenters. The van der Waals surface area contributed by atoms with Gasteiger partial charge in [-0.1, -0.05) is 36.4 Å². The van der Waals surface area contributed by atoms with Crippen LogP contribution in [-0.2, 0) is 15.1 Å². The summed E-state index contributed by atoms with van der Waals surface area (Å²) in [5, 5.41) is 1.82. The van der Waals surface area contributed by atoms with Crippen molar-refractivity contribution in [2.24, 2.45) is 4.99 Å². The first-order chi connectivity index (χ1) is 18.3. The van der Waals surface area contributed by atoms with Crippen LogP contribution in [0.4, 0.5) is 13.2 Å². The van der Waals surface area contributed by atoms with Crippen LogP contribution in [0, 0.1) is 17.5 Å². The lowest BCUT2D eigenvalue weighted by atomic mass is 9.83. The second-order valence-electron chi connectivity index (χ2n) is 9.62. The molecule has 38 heavy (non-hydrogen) atoms. The van der Waals surface area contributed by atoms with Gasteiger partial charge in [0.15, 0.2) is 5.54 Å². The molecule has 3 aromatic carbocycles. The number of hydrogen-bond acceptors (Lipinski definition) is 4. The summed E-state index contributed by atoms with van der Waals surface area (Å²) >= 11 is 0. The van der Waals surface area contributed by atoms with E-state index >= 15 is 0 Å². The van der Waals surface area contributed by atoms with E-state index in [1.165, 1.54) is 65.6 Å². The van der Waals surface area contributed by atoms with Gasteiger partial charge in [-0.2, -0.15) is 0 Å². The summed E-state index contributed by atoms with van der Waals surface area (Å²) in [7, 11) is 0. The van der Waals surface area contributed by atoms with Crippen LogP contribution < -0.4 is 5.43 Å². The van der Waals surface area contributed by atoms with Crippen LogP contribution in [0.15, 0.2) is 77.8 Å². The van der Waals surface area contributed by atoms with Crippen LogP contribution in [0.3, 0.4) is 0 Å². The Hall–Kier alpha value is -3.98. The van der Waals surface area contributed by atoms with Crippen LogP contribution in [0.5, 0.6) is 0 Å². The second kappa shape index (κ2) is 10.4. The van der Waals surface area contributed by atoms with Crippen molar-refractivity contribution < 1.29 is 22.8 Å². The number of nitrogens with zero attached hydrogens (tertiary/aromatic N) is 3. The zero-order chi connectivity index (χ0) is 26.9. The van der Waals surface area contributed by atoms with Gasteiger partial charge < -0.3 is 0 Å². The Morgan fingerprint density at radius 2 is 1.34 bits per heavy atom. The van der Waals surface area contributed by atoms with Crippen LogP contribution in [0.2, 0.25) is 0 Å². The van der Waals surface area contributed by atoms with Gasteiger partial charge in [-0.25, -0.2) is 23.2 Å². The lowest BCUT2D eigenvalue weighted by Crippen LogP contribution is -2.51. The van der Waals surface area contributed by atoms with Crippen molar-refractivity contribution in [3.63, 3.8) is 0 Å². The smallest absolute Gasteiger partial charge is 0.265 e. The highest BCUT2D eigenvalue weighted by Crippen LogP contribution is 2.40. The van der Waals surface area contributed by atoms with Gasteiger partial charge in [0.25, 0.3) is 11.8 Å². The molecule has 2 amide bonds. The van der Waals surface area contributed by atoms with Gasteiger partial charge in [0, 0.05) is 13.1 Å². The Balaban J connectivity index is 1.29. The molecule has 9 heteroatoms. The van der Waals surface area contributed by atoms with Gasteiger partial charge in [-0.15, -0.1) is 0 Å². The van der Waals surface area contributed by atoms with Crippen LogP contribution in [0.1, 0.15) is 42.4 Å². The number of carbonyl (C=O) groups excluding carboxylic acids is 2. The quantitative estimate of drug-likeness (QED) is 0.520. The molecule has 2 aliphatic heterocycles. The number of halogens is 3. The lowest BCUT2D eigenvalue weighted by molar-refractivity contribution is -0.136. The van der Waals surface area contributed by atoms with E-state index in [1.807, 2.05) is 5.01 Å². The molecule has 3 aromatic rings. The van der Waals surface area contributed by atoms with E-state index in [2.05, 4.69) is 10.4 Å². The molecule has 0 spiro atoms. The summed E-state index contributed by atoms with van der Waals surface area (Å²) in [6.07, 6.45) is 1.60. The van der Waals surface area contributed by atoms with Crippen molar-refractivity contribution in [2.75, 3.05) is 19.6 Å². The Morgan fingerprint density at radius 1 is 0.868 bits per heavy atom. The number of hydrazine groups is 1. The Morgan fingerprint density at radius 3 is 1.84 bits per heavy atom. The first-order valence-corrected chi connectivity index (χ1v) is 12.5. The van der Waals surface area contributed by atoms with E-state index in [0.717, 1.165) is 18.4 Å². The predicted molar refractivity (Wildman–Crippen MR) is 136 cm³/mol. The van der Waals surface area contributed by atoms with Crippen molar-refractivity contribution in [3.05, 3.63) is 107 Å². The molecule has 0 bridgehead atoms. The average molecular weight is 521 g/mol. The molecule has 6 nitrogen and oxygen atoms in total. The fourth-order valence-corrected chi connectivity index (χ4v) is 5.22. The van der Waals surface area contributed by atoms with Gasteiger partial charge in [0.2, 0.25) is 0 Å². The summed E-state index contributed by atoms with van der Waals surface area (Å²) < 4.78 is 40.6. The summed E-state index contributed by atoms with van der Waals surface area (Å²) in [5.74, 6) is -1.43. The van der Waals surface area contributed by atoms with Gasteiger partial charge in [0.05, 0.1) is 0 Å². The molecule has 0 atom stereocenters. The van der Waals surface area contributed by atoms with Gasteiger partial charge >= 0.3 is 0 Å². The summed E-state index contributed by atoms with van der Waals surface area (Å²) in [5.41, 5.74) is 3.23. The SMILES string of the molecule is CC1=NC(c2ccc(F)cc2)(c2ccc(F)cc2)C(=O)N1CC(=O)NN1CCC(c2ccc(F)cc2)CC1. The van der Waals surface area contributed by atoms with Crippen LogP contribution in [0.25, 0.3) is 0 Å². The van der Waals surface area contributed by atoms with E-state index in [9.17, 15) is 22.8 Å². The largest absolute Gasteiger partial charge is 0.288 e.